The Bertz CT molecular complexity index is 603. The van der Waals surface area contributed by atoms with Gasteiger partial charge in [0.05, 0.1) is 5.41 Å². The maximum atomic E-state index is 12.8. The Morgan fingerprint density at radius 1 is 1.43 bits per heavy atom. The molecule has 0 saturated heterocycles. The molecule has 1 aliphatic rings. The molecular formula is C14H17N3OS3. The van der Waals surface area contributed by atoms with Gasteiger partial charge in [-0.3, -0.25) is 10.1 Å². The highest BCUT2D eigenvalue weighted by Crippen LogP contribution is 2.44. The van der Waals surface area contributed by atoms with E-state index in [1.807, 2.05) is 11.4 Å². The molecule has 0 spiro atoms. The van der Waals surface area contributed by atoms with Crippen molar-refractivity contribution in [2.24, 2.45) is 0 Å². The van der Waals surface area contributed by atoms with Crippen LogP contribution in [0.15, 0.2) is 21.9 Å². The Kier molecular flexibility index (Phi) is 4.61. The van der Waals surface area contributed by atoms with Crippen LogP contribution in [0.25, 0.3) is 0 Å². The standard InChI is InChI=1S/C14H17N3OS3/c1-2-19-13-17-16-12(21-13)15-11(18)14(7-3-4-8-14)10-6-5-9-20-10/h5-6,9H,2-4,7-8H2,1H3,(H,15,16,18). The summed E-state index contributed by atoms with van der Waals surface area (Å²) < 4.78 is 0.907. The number of carbonyl (C=O) groups is 1. The van der Waals surface area contributed by atoms with Crippen LogP contribution in [0.5, 0.6) is 0 Å². The lowest BCUT2D eigenvalue weighted by atomic mass is 9.83. The monoisotopic (exact) mass is 339 g/mol. The maximum absolute atomic E-state index is 12.8. The molecule has 2 aromatic heterocycles. The molecule has 0 aliphatic heterocycles. The maximum Gasteiger partial charge on any atom is 0.237 e. The molecule has 0 radical (unpaired) electrons. The van der Waals surface area contributed by atoms with Gasteiger partial charge in [0.1, 0.15) is 0 Å². The molecule has 2 heterocycles. The molecular weight excluding hydrogens is 322 g/mol. The fourth-order valence-corrected chi connectivity index (χ4v) is 5.40. The van der Waals surface area contributed by atoms with Crippen LogP contribution in [0.4, 0.5) is 5.13 Å². The van der Waals surface area contributed by atoms with Crippen molar-refractivity contribution >= 4 is 45.5 Å². The lowest BCUT2D eigenvalue weighted by molar-refractivity contribution is -0.121. The Hall–Kier alpha value is -0.920. The van der Waals surface area contributed by atoms with Crippen molar-refractivity contribution in [2.75, 3.05) is 11.1 Å². The van der Waals surface area contributed by atoms with Gasteiger partial charge in [0.25, 0.3) is 0 Å². The van der Waals surface area contributed by atoms with E-state index < -0.39 is 0 Å². The highest BCUT2D eigenvalue weighted by Gasteiger charge is 2.43. The normalized spacial score (nSPS) is 17.0. The molecule has 3 rings (SSSR count). The first-order valence-electron chi connectivity index (χ1n) is 7.06. The van der Waals surface area contributed by atoms with E-state index in [9.17, 15) is 4.79 Å². The van der Waals surface area contributed by atoms with E-state index in [1.54, 1.807) is 23.1 Å². The van der Waals surface area contributed by atoms with Crippen molar-refractivity contribution in [2.45, 2.75) is 42.4 Å². The molecule has 4 nitrogen and oxygen atoms in total. The van der Waals surface area contributed by atoms with E-state index in [1.165, 1.54) is 16.2 Å². The number of aromatic nitrogens is 2. The molecule has 2 aromatic rings. The predicted molar refractivity (Wildman–Crippen MR) is 89.4 cm³/mol. The largest absolute Gasteiger partial charge is 0.300 e. The molecule has 21 heavy (non-hydrogen) atoms. The van der Waals surface area contributed by atoms with E-state index in [4.69, 9.17) is 0 Å². The summed E-state index contributed by atoms with van der Waals surface area (Å²) >= 11 is 4.77. The second-order valence-corrected chi connectivity index (χ2v) is 8.46. The number of hydrogen-bond acceptors (Lipinski definition) is 6. The van der Waals surface area contributed by atoms with Gasteiger partial charge in [0.2, 0.25) is 11.0 Å². The van der Waals surface area contributed by atoms with Crippen LogP contribution in [0.2, 0.25) is 0 Å². The second kappa shape index (κ2) is 6.46. The van der Waals surface area contributed by atoms with Gasteiger partial charge in [0, 0.05) is 4.88 Å². The first-order chi connectivity index (χ1) is 10.2. The van der Waals surface area contributed by atoms with E-state index in [0.29, 0.717) is 5.13 Å². The summed E-state index contributed by atoms with van der Waals surface area (Å²) in [6, 6.07) is 4.10. The molecule has 0 unspecified atom stereocenters. The van der Waals surface area contributed by atoms with Crippen molar-refractivity contribution in [3.63, 3.8) is 0 Å². The highest BCUT2D eigenvalue weighted by molar-refractivity contribution is 8.01. The average molecular weight is 340 g/mol. The van der Waals surface area contributed by atoms with Gasteiger partial charge in [-0.2, -0.15) is 0 Å². The number of nitrogens with zero attached hydrogens (tertiary/aromatic N) is 2. The summed E-state index contributed by atoms with van der Waals surface area (Å²) in [6.07, 6.45) is 4.07. The van der Waals surface area contributed by atoms with Crippen LogP contribution >= 0.6 is 34.4 Å². The fourth-order valence-electron chi connectivity index (χ4n) is 2.77. The van der Waals surface area contributed by atoms with E-state index in [0.717, 1.165) is 35.8 Å². The molecule has 112 valence electrons. The van der Waals surface area contributed by atoms with Crippen molar-refractivity contribution in [3.05, 3.63) is 22.4 Å². The fraction of sp³-hybridized carbons (Fsp3) is 0.500. The first kappa shape index (κ1) is 15.0. The summed E-state index contributed by atoms with van der Waals surface area (Å²) in [7, 11) is 0. The number of anilines is 1. The van der Waals surface area contributed by atoms with Crippen LogP contribution in [-0.4, -0.2) is 21.9 Å². The number of nitrogens with one attached hydrogen (secondary N) is 1. The Morgan fingerprint density at radius 2 is 2.24 bits per heavy atom. The number of rotatable bonds is 5. The summed E-state index contributed by atoms with van der Waals surface area (Å²) in [5.41, 5.74) is -0.363. The van der Waals surface area contributed by atoms with Crippen LogP contribution in [0.3, 0.4) is 0 Å². The number of amides is 1. The first-order valence-corrected chi connectivity index (χ1v) is 9.74. The van der Waals surface area contributed by atoms with E-state index >= 15 is 0 Å². The summed E-state index contributed by atoms with van der Waals surface area (Å²) in [4.78, 5) is 14.0. The van der Waals surface area contributed by atoms with Crippen molar-refractivity contribution < 1.29 is 4.79 Å². The summed E-state index contributed by atoms with van der Waals surface area (Å²) in [6.45, 7) is 2.08. The smallest absolute Gasteiger partial charge is 0.237 e. The van der Waals surface area contributed by atoms with Crippen molar-refractivity contribution in [1.82, 2.24) is 10.2 Å². The number of carbonyl (C=O) groups excluding carboxylic acids is 1. The minimum absolute atomic E-state index is 0.0756. The van der Waals surface area contributed by atoms with Crippen molar-refractivity contribution in [3.8, 4) is 0 Å². The third kappa shape index (κ3) is 3.00. The van der Waals surface area contributed by atoms with Gasteiger partial charge >= 0.3 is 0 Å². The molecule has 0 atom stereocenters. The number of thioether (sulfide) groups is 1. The topological polar surface area (TPSA) is 54.9 Å². The zero-order valence-corrected chi connectivity index (χ0v) is 14.2. The predicted octanol–water partition coefficient (Wildman–Crippen LogP) is 4.16. The van der Waals surface area contributed by atoms with Crippen molar-refractivity contribution in [1.29, 1.82) is 0 Å². The molecule has 1 aliphatic carbocycles. The minimum Gasteiger partial charge on any atom is -0.300 e. The zero-order valence-electron chi connectivity index (χ0n) is 11.8. The Morgan fingerprint density at radius 3 is 2.90 bits per heavy atom. The second-order valence-electron chi connectivity index (χ2n) is 5.03. The summed E-state index contributed by atoms with van der Waals surface area (Å²) in [5, 5.41) is 13.8. The van der Waals surface area contributed by atoms with Gasteiger partial charge in [-0.05, 0) is 30.0 Å². The van der Waals surface area contributed by atoms with Crippen LogP contribution in [0, 0.1) is 0 Å². The zero-order chi connectivity index (χ0) is 14.7. The third-order valence-corrected chi connectivity index (χ3v) is 6.71. The number of thiophene rings is 1. The minimum atomic E-state index is -0.363. The lowest BCUT2D eigenvalue weighted by Gasteiger charge is -2.25. The molecule has 0 bridgehead atoms. The van der Waals surface area contributed by atoms with Crippen LogP contribution < -0.4 is 5.32 Å². The lowest BCUT2D eigenvalue weighted by Crippen LogP contribution is -2.37. The van der Waals surface area contributed by atoms with E-state index in [2.05, 4.69) is 28.5 Å². The van der Waals surface area contributed by atoms with E-state index in [-0.39, 0.29) is 11.3 Å². The SMILES string of the molecule is CCSc1nnc(NC(=O)C2(c3cccs3)CCCC2)s1. The highest BCUT2D eigenvalue weighted by atomic mass is 32.2. The quantitative estimate of drug-likeness (QED) is 0.656. The average Bonchev–Trinajstić information content (AvgIpc) is 3.21. The summed E-state index contributed by atoms with van der Waals surface area (Å²) in [5.74, 6) is 1.04. The van der Waals surface area contributed by atoms with Gasteiger partial charge in [-0.1, -0.05) is 48.9 Å². The third-order valence-electron chi connectivity index (χ3n) is 3.78. The van der Waals surface area contributed by atoms with Gasteiger partial charge in [-0.25, -0.2) is 0 Å². The Labute approximate surface area is 136 Å². The molecule has 1 N–H and O–H groups in total. The van der Waals surface area contributed by atoms with Gasteiger partial charge in [-0.15, -0.1) is 21.5 Å². The van der Waals surface area contributed by atoms with Crippen LogP contribution in [0.1, 0.15) is 37.5 Å². The number of hydrogen-bond donors (Lipinski definition) is 1. The molecule has 7 heteroatoms. The van der Waals surface area contributed by atoms with Gasteiger partial charge in [0.15, 0.2) is 4.34 Å². The van der Waals surface area contributed by atoms with Gasteiger partial charge < -0.3 is 0 Å². The molecule has 1 amide bonds. The molecule has 1 fully saturated rings. The molecule has 1 saturated carbocycles. The van der Waals surface area contributed by atoms with Crippen LogP contribution in [-0.2, 0) is 10.2 Å². The molecule has 0 aromatic carbocycles. The Balaban J connectivity index is 1.79.